The van der Waals surface area contributed by atoms with E-state index in [0.717, 1.165) is 86.0 Å². The van der Waals surface area contributed by atoms with Gasteiger partial charge in [-0.1, -0.05) is 66.7 Å². The molecule has 0 spiro atoms. The van der Waals surface area contributed by atoms with Crippen molar-refractivity contribution in [2.24, 2.45) is 0 Å². The van der Waals surface area contributed by atoms with Gasteiger partial charge in [0.05, 0.1) is 45.2 Å². The fraction of sp³-hybridized carbons (Fsp3) is 0.0976. The van der Waals surface area contributed by atoms with Gasteiger partial charge >= 0.3 is 0 Å². The maximum Gasteiger partial charge on any atom is 0.206 e. The molecule has 2 heterocycles. The monoisotopic (exact) mass is 648 g/mol. The highest BCUT2D eigenvalue weighted by molar-refractivity contribution is 7.95. The molecular weight excluding hydrogens is 617 g/mol. The van der Waals surface area contributed by atoms with Crippen LogP contribution in [0.3, 0.4) is 0 Å². The largest absolute Gasteiger partial charge is 0.497 e. The summed E-state index contributed by atoms with van der Waals surface area (Å²) in [5.74, 6) is 2.29. The molecule has 0 unspecified atom stereocenters. The van der Waals surface area contributed by atoms with Crippen LogP contribution < -0.4 is 14.4 Å². The van der Waals surface area contributed by atoms with Crippen molar-refractivity contribution in [1.29, 1.82) is 0 Å². The standard InChI is InChI=1S/C41H32N2O4S/c1-27-16-25-37(43-35-12-6-8-14-38(35)47-39-15-9-7-13-36(39)43)41-40(27)33(28-17-21-30(46-2)22-18-28)26-34(42-41)29-19-23-32(24-20-29)48(44,45)31-10-4-3-5-11-31/h4,6-26H,3,5H2,1-2H3. The molecule has 2 aliphatic rings. The van der Waals surface area contributed by atoms with Crippen LogP contribution in [0.1, 0.15) is 18.4 Å². The van der Waals surface area contributed by atoms with Gasteiger partial charge in [0, 0.05) is 10.9 Å². The van der Waals surface area contributed by atoms with E-state index in [1.54, 1.807) is 31.4 Å². The van der Waals surface area contributed by atoms with Crippen LogP contribution in [0.5, 0.6) is 17.2 Å². The molecule has 0 bridgehead atoms. The van der Waals surface area contributed by atoms with Gasteiger partial charge in [0.15, 0.2) is 11.5 Å². The molecule has 5 aromatic carbocycles. The Kier molecular flexibility index (Phi) is 7.34. The summed E-state index contributed by atoms with van der Waals surface area (Å²) in [5, 5.41) is 1.03. The molecule has 0 saturated heterocycles. The Balaban J connectivity index is 1.36. The zero-order valence-electron chi connectivity index (χ0n) is 26.6. The molecular formula is C41H32N2O4S. The van der Waals surface area contributed by atoms with Crippen LogP contribution in [0, 0.1) is 6.92 Å². The molecule has 6 aromatic rings. The molecule has 0 N–H and O–H groups in total. The summed E-state index contributed by atoms with van der Waals surface area (Å²) < 4.78 is 38.6. The number of fused-ring (bicyclic) bond motifs is 3. The van der Waals surface area contributed by atoms with E-state index in [1.807, 2.05) is 66.7 Å². The number of rotatable bonds is 6. The lowest BCUT2D eigenvalue weighted by molar-refractivity contribution is 0.415. The number of hydrogen-bond donors (Lipinski definition) is 0. The normalized spacial score (nSPS) is 13.8. The first-order valence-corrected chi connectivity index (χ1v) is 17.4. The van der Waals surface area contributed by atoms with Gasteiger partial charge in [-0.3, -0.25) is 0 Å². The third-order valence-electron chi connectivity index (χ3n) is 8.95. The van der Waals surface area contributed by atoms with Crippen molar-refractivity contribution in [3.05, 3.63) is 144 Å². The minimum absolute atomic E-state index is 0.262. The van der Waals surface area contributed by atoms with Crippen LogP contribution in [0.25, 0.3) is 33.3 Å². The SMILES string of the molecule is COc1ccc(-c2cc(-c3ccc(S(=O)(=O)C4=CCCC=C4)cc3)nc3c(N4c5ccccc5Oc5ccccc54)ccc(C)c23)cc1. The average Bonchev–Trinajstić information content (AvgIpc) is 3.14. The number of nitrogens with zero attached hydrogens (tertiary/aromatic N) is 2. The number of para-hydroxylation sites is 4. The van der Waals surface area contributed by atoms with Crippen LogP contribution in [0.4, 0.5) is 17.1 Å². The molecule has 0 amide bonds. The number of methoxy groups -OCH3 is 1. The predicted octanol–water partition coefficient (Wildman–Crippen LogP) is 10.5. The highest BCUT2D eigenvalue weighted by Gasteiger charge is 2.28. The van der Waals surface area contributed by atoms with E-state index < -0.39 is 9.84 Å². The summed E-state index contributed by atoms with van der Waals surface area (Å²) >= 11 is 0. The minimum atomic E-state index is -3.61. The van der Waals surface area contributed by atoms with Gasteiger partial charge in [-0.05, 0) is 103 Å². The fourth-order valence-electron chi connectivity index (χ4n) is 6.52. The van der Waals surface area contributed by atoms with E-state index in [0.29, 0.717) is 4.91 Å². The van der Waals surface area contributed by atoms with E-state index in [9.17, 15) is 8.42 Å². The van der Waals surface area contributed by atoms with Crippen molar-refractivity contribution in [2.45, 2.75) is 24.7 Å². The van der Waals surface area contributed by atoms with Gasteiger partial charge in [0.2, 0.25) is 9.84 Å². The number of anilines is 3. The summed E-state index contributed by atoms with van der Waals surface area (Å²) in [7, 11) is -1.95. The third kappa shape index (κ3) is 5.04. The molecule has 0 saturated carbocycles. The van der Waals surface area contributed by atoms with Crippen molar-refractivity contribution >= 4 is 37.8 Å². The van der Waals surface area contributed by atoms with Crippen molar-refractivity contribution in [1.82, 2.24) is 4.98 Å². The van der Waals surface area contributed by atoms with E-state index in [1.165, 1.54) is 0 Å². The lowest BCUT2D eigenvalue weighted by atomic mass is 9.94. The van der Waals surface area contributed by atoms with E-state index in [4.69, 9.17) is 14.5 Å². The molecule has 0 atom stereocenters. The molecule has 1 aromatic heterocycles. The molecule has 0 radical (unpaired) electrons. The number of aryl methyl sites for hydroxylation is 1. The topological polar surface area (TPSA) is 68.7 Å². The second-order valence-corrected chi connectivity index (χ2v) is 13.8. The number of benzene rings is 5. The third-order valence-corrected chi connectivity index (χ3v) is 10.8. The predicted molar refractivity (Wildman–Crippen MR) is 192 cm³/mol. The fourth-order valence-corrected chi connectivity index (χ4v) is 7.90. The van der Waals surface area contributed by atoms with Crippen LogP contribution in [-0.4, -0.2) is 20.5 Å². The van der Waals surface area contributed by atoms with Gasteiger partial charge < -0.3 is 14.4 Å². The lowest BCUT2D eigenvalue weighted by Gasteiger charge is -2.33. The average molecular weight is 649 g/mol. The van der Waals surface area contributed by atoms with E-state index in [-0.39, 0.29) is 4.90 Å². The summed E-state index contributed by atoms with van der Waals surface area (Å²) in [6, 6.07) is 37.5. The van der Waals surface area contributed by atoms with Crippen molar-refractivity contribution in [2.75, 3.05) is 12.0 Å². The molecule has 6 nitrogen and oxygen atoms in total. The van der Waals surface area contributed by atoms with Crippen LogP contribution in [0.15, 0.2) is 143 Å². The van der Waals surface area contributed by atoms with Gasteiger partial charge in [-0.25, -0.2) is 13.4 Å². The Morgan fingerprint density at radius 2 is 1.42 bits per heavy atom. The first-order valence-electron chi connectivity index (χ1n) is 15.9. The van der Waals surface area contributed by atoms with Gasteiger partial charge in [0.1, 0.15) is 5.75 Å². The Labute approximate surface area is 280 Å². The highest BCUT2D eigenvalue weighted by atomic mass is 32.2. The van der Waals surface area contributed by atoms with Crippen molar-refractivity contribution in [3.63, 3.8) is 0 Å². The van der Waals surface area contributed by atoms with Gasteiger partial charge in [-0.15, -0.1) is 0 Å². The second kappa shape index (κ2) is 11.9. The summed E-state index contributed by atoms with van der Waals surface area (Å²) in [5.41, 5.74) is 8.22. The van der Waals surface area contributed by atoms with Crippen LogP contribution in [0.2, 0.25) is 0 Å². The molecule has 236 valence electrons. The molecule has 8 rings (SSSR count). The van der Waals surface area contributed by atoms with E-state index >= 15 is 0 Å². The van der Waals surface area contributed by atoms with Crippen molar-refractivity contribution < 1.29 is 17.9 Å². The Bertz CT molecular complexity index is 2330. The van der Waals surface area contributed by atoms with E-state index in [2.05, 4.69) is 54.3 Å². The Morgan fingerprint density at radius 3 is 2.06 bits per heavy atom. The first kappa shape index (κ1) is 29.7. The maximum absolute atomic E-state index is 13.4. The molecule has 48 heavy (non-hydrogen) atoms. The van der Waals surface area contributed by atoms with Gasteiger partial charge in [0.25, 0.3) is 0 Å². The number of pyridine rings is 1. The molecule has 7 heteroatoms. The summed E-state index contributed by atoms with van der Waals surface area (Å²) in [6.07, 6.45) is 6.97. The zero-order chi connectivity index (χ0) is 32.8. The molecule has 0 fully saturated rings. The Hall–Kier alpha value is -5.66. The van der Waals surface area contributed by atoms with Crippen LogP contribution >= 0.6 is 0 Å². The lowest BCUT2D eigenvalue weighted by Crippen LogP contribution is -2.16. The van der Waals surface area contributed by atoms with Crippen LogP contribution in [-0.2, 0) is 9.84 Å². The van der Waals surface area contributed by atoms with Gasteiger partial charge in [-0.2, -0.15) is 0 Å². The molecule has 1 aliphatic heterocycles. The quantitative estimate of drug-likeness (QED) is 0.179. The number of aromatic nitrogens is 1. The number of hydrogen-bond acceptors (Lipinski definition) is 6. The number of ether oxygens (including phenoxy) is 2. The number of sulfone groups is 1. The maximum atomic E-state index is 13.4. The Morgan fingerprint density at radius 1 is 0.750 bits per heavy atom. The minimum Gasteiger partial charge on any atom is -0.497 e. The summed E-state index contributed by atoms with van der Waals surface area (Å²) in [6.45, 7) is 2.11. The first-order chi connectivity index (χ1) is 23.4. The summed E-state index contributed by atoms with van der Waals surface area (Å²) in [4.78, 5) is 8.17. The number of allylic oxidation sites excluding steroid dienone is 3. The second-order valence-electron chi connectivity index (χ2n) is 11.9. The van der Waals surface area contributed by atoms with Crippen molar-refractivity contribution in [3.8, 4) is 39.6 Å². The zero-order valence-corrected chi connectivity index (χ0v) is 27.4. The smallest absolute Gasteiger partial charge is 0.206 e. The highest BCUT2D eigenvalue weighted by Crippen LogP contribution is 2.52. The molecule has 1 aliphatic carbocycles.